The number of carbonyl (C=O) groups is 2. The predicted molar refractivity (Wildman–Crippen MR) is 138 cm³/mol. The van der Waals surface area contributed by atoms with Gasteiger partial charge >= 0.3 is 12.0 Å². The van der Waals surface area contributed by atoms with Gasteiger partial charge in [0.15, 0.2) is 5.13 Å². The lowest BCUT2D eigenvalue weighted by Crippen LogP contribution is -2.20. The summed E-state index contributed by atoms with van der Waals surface area (Å²) >= 11 is 3.14. The van der Waals surface area contributed by atoms with Gasteiger partial charge in [-0.1, -0.05) is 32.0 Å². The summed E-state index contributed by atoms with van der Waals surface area (Å²) in [5.74, 6) is 1.05. The highest BCUT2D eigenvalue weighted by Crippen LogP contribution is 2.27. The van der Waals surface area contributed by atoms with Crippen LogP contribution in [0.15, 0.2) is 53.6 Å². The Kier molecular flexibility index (Phi) is 9.35. The number of carbonyl (C=O) groups excluding carboxylic acids is 1. The van der Waals surface area contributed by atoms with Crippen molar-refractivity contribution < 1.29 is 19.4 Å². The summed E-state index contributed by atoms with van der Waals surface area (Å²) in [4.78, 5) is 29.7. The number of nitrogens with one attached hydrogen (secondary N) is 2. The summed E-state index contributed by atoms with van der Waals surface area (Å²) in [5, 5.41) is 15.0. The smallest absolute Gasteiger partial charge is 0.325 e. The third-order valence-electron chi connectivity index (χ3n) is 4.63. The van der Waals surface area contributed by atoms with Crippen LogP contribution in [0.25, 0.3) is 0 Å². The second-order valence-corrected chi connectivity index (χ2v) is 10.5. The fraction of sp³-hybridized carbons (Fsp3) is 0.320. The molecular formula is C25H29N3O4S2. The first-order chi connectivity index (χ1) is 16.3. The molecule has 1 heterocycles. The van der Waals surface area contributed by atoms with Crippen molar-refractivity contribution in [1.29, 1.82) is 0 Å². The molecule has 0 aliphatic heterocycles. The number of thiazole rings is 1. The third-order valence-corrected chi connectivity index (χ3v) is 6.61. The minimum absolute atomic E-state index is 0.0331. The number of amides is 2. The number of ether oxygens (including phenoxy) is 1. The molecule has 0 atom stereocenters. The lowest BCUT2D eigenvalue weighted by molar-refractivity contribution is -0.136. The molecule has 0 aliphatic carbocycles. The van der Waals surface area contributed by atoms with Gasteiger partial charge in [0, 0.05) is 21.7 Å². The van der Waals surface area contributed by atoms with Gasteiger partial charge in [0.25, 0.3) is 0 Å². The van der Waals surface area contributed by atoms with E-state index in [-0.39, 0.29) is 12.5 Å². The molecule has 9 heteroatoms. The van der Waals surface area contributed by atoms with Crippen molar-refractivity contribution >= 4 is 45.9 Å². The zero-order valence-corrected chi connectivity index (χ0v) is 21.1. The first-order valence-corrected chi connectivity index (χ1v) is 12.8. The number of nitrogens with zero attached hydrogens (tertiary/aromatic N) is 1. The van der Waals surface area contributed by atoms with Crippen LogP contribution in [0.4, 0.5) is 15.6 Å². The number of urea groups is 1. The molecule has 0 unspecified atom stereocenters. The average molecular weight is 500 g/mol. The SMILES string of the molecule is Cc1ccc(NC(=O)Nc2ncc(CCSc3ccc(CC(=O)O)cc3)s2)c(OCC(C)C)c1. The number of aromatic nitrogens is 1. The number of carboxylic acid groups (broad SMARTS) is 1. The molecule has 0 spiro atoms. The minimum atomic E-state index is -0.831. The van der Waals surface area contributed by atoms with Crippen LogP contribution in [-0.2, 0) is 17.6 Å². The van der Waals surface area contributed by atoms with E-state index in [1.165, 1.54) is 11.3 Å². The van der Waals surface area contributed by atoms with E-state index in [1.54, 1.807) is 18.0 Å². The standard InChI is InChI=1S/C25H29N3O4S2/c1-16(2)15-32-22-12-17(3)4-9-21(22)27-24(31)28-25-26-14-20(34-25)10-11-33-19-7-5-18(6-8-19)13-23(29)30/h4-9,12,14,16H,10-11,13,15H2,1-3H3,(H,29,30)(H2,26,27,28,31). The van der Waals surface area contributed by atoms with Gasteiger partial charge in [0.2, 0.25) is 0 Å². The maximum atomic E-state index is 12.5. The van der Waals surface area contributed by atoms with Crippen LogP contribution < -0.4 is 15.4 Å². The third kappa shape index (κ3) is 8.39. The molecule has 0 saturated carbocycles. The van der Waals surface area contributed by atoms with Crippen molar-refractivity contribution in [3.05, 3.63) is 64.7 Å². The molecule has 3 N–H and O–H groups in total. The zero-order valence-electron chi connectivity index (χ0n) is 19.5. The van der Waals surface area contributed by atoms with E-state index in [0.29, 0.717) is 29.1 Å². The molecule has 34 heavy (non-hydrogen) atoms. The van der Waals surface area contributed by atoms with Gasteiger partial charge in [-0.3, -0.25) is 10.1 Å². The van der Waals surface area contributed by atoms with E-state index >= 15 is 0 Å². The molecule has 3 rings (SSSR count). The number of thioether (sulfide) groups is 1. The Morgan fingerprint density at radius 2 is 1.91 bits per heavy atom. The van der Waals surface area contributed by atoms with Crippen molar-refractivity contribution in [1.82, 2.24) is 4.98 Å². The highest BCUT2D eigenvalue weighted by Gasteiger charge is 2.11. The monoisotopic (exact) mass is 499 g/mol. The first-order valence-electron chi connectivity index (χ1n) is 11.0. The van der Waals surface area contributed by atoms with Gasteiger partial charge in [-0.2, -0.15) is 0 Å². The summed E-state index contributed by atoms with van der Waals surface area (Å²) in [6, 6.07) is 12.9. The van der Waals surface area contributed by atoms with Crippen LogP contribution in [0.1, 0.15) is 29.9 Å². The normalized spacial score (nSPS) is 10.8. The van der Waals surface area contributed by atoms with E-state index in [4.69, 9.17) is 9.84 Å². The Morgan fingerprint density at radius 1 is 1.15 bits per heavy atom. The number of carboxylic acids is 1. The summed E-state index contributed by atoms with van der Waals surface area (Å²) in [6.45, 7) is 6.70. The maximum Gasteiger partial charge on any atom is 0.325 e. The number of hydrogen-bond donors (Lipinski definition) is 3. The van der Waals surface area contributed by atoms with Gasteiger partial charge in [0.1, 0.15) is 5.75 Å². The van der Waals surface area contributed by atoms with Crippen LogP contribution in [0.3, 0.4) is 0 Å². The Balaban J connectivity index is 1.48. The van der Waals surface area contributed by atoms with Gasteiger partial charge in [-0.05, 0) is 54.7 Å². The van der Waals surface area contributed by atoms with Crippen LogP contribution in [0.5, 0.6) is 5.75 Å². The largest absolute Gasteiger partial charge is 0.491 e. The summed E-state index contributed by atoms with van der Waals surface area (Å²) in [6.07, 6.45) is 2.62. The Bertz CT molecular complexity index is 1110. The number of aryl methyl sites for hydroxylation is 2. The lowest BCUT2D eigenvalue weighted by atomic mass is 10.2. The second kappa shape index (κ2) is 12.4. The van der Waals surface area contributed by atoms with Crippen molar-refractivity contribution in [2.45, 2.75) is 38.5 Å². The van der Waals surface area contributed by atoms with Gasteiger partial charge < -0.3 is 15.2 Å². The summed E-state index contributed by atoms with van der Waals surface area (Å²) in [7, 11) is 0. The molecule has 0 aliphatic rings. The summed E-state index contributed by atoms with van der Waals surface area (Å²) in [5.41, 5.74) is 2.46. The number of benzene rings is 2. The van der Waals surface area contributed by atoms with E-state index < -0.39 is 5.97 Å². The zero-order chi connectivity index (χ0) is 24.5. The van der Waals surface area contributed by atoms with E-state index in [9.17, 15) is 9.59 Å². The number of aliphatic carboxylic acids is 1. The Hall–Kier alpha value is -3.04. The topological polar surface area (TPSA) is 101 Å². The molecule has 0 saturated heterocycles. The molecule has 3 aromatic rings. The van der Waals surface area contributed by atoms with Crippen molar-refractivity contribution in [2.75, 3.05) is 23.0 Å². The molecule has 0 fully saturated rings. The maximum absolute atomic E-state index is 12.5. The molecule has 180 valence electrons. The van der Waals surface area contributed by atoms with Crippen LogP contribution in [-0.4, -0.2) is 34.5 Å². The first kappa shape index (κ1) is 25.6. The van der Waals surface area contributed by atoms with Crippen molar-refractivity contribution in [3.8, 4) is 5.75 Å². The molecule has 2 aromatic carbocycles. The van der Waals surface area contributed by atoms with Crippen LogP contribution >= 0.6 is 23.1 Å². The molecule has 1 aromatic heterocycles. The second-order valence-electron chi connectivity index (χ2n) is 8.23. The lowest BCUT2D eigenvalue weighted by Gasteiger charge is -2.14. The van der Waals surface area contributed by atoms with Crippen LogP contribution in [0, 0.1) is 12.8 Å². The molecule has 2 amide bonds. The van der Waals surface area contributed by atoms with E-state index in [0.717, 1.165) is 33.1 Å². The minimum Gasteiger partial charge on any atom is -0.491 e. The molecular weight excluding hydrogens is 470 g/mol. The van der Waals surface area contributed by atoms with Crippen molar-refractivity contribution in [3.63, 3.8) is 0 Å². The number of hydrogen-bond acceptors (Lipinski definition) is 6. The molecule has 7 nitrogen and oxygen atoms in total. The predicted octanol–water partition coefficient (Wildman–Crippen LogP) is 6.09. The number of rotatable bonds is 11. The van der Waals surface area contributed by atoms with Crippen molar-refractivity contribution in [2.24, 2.45) is 5.92 Å². The Labute approximate surface area is 208 Å². The summed E-state index contributed by atoms with van der Waals surface area (Å²) < 4.78 is 5.85. The van der Waals surface area contributed by atoms with Gasteiger partial charge in [-0.15, -0.1) is 23.1 Å². The van der Waals surface area contributed by atoms with E-state index in [1.807, 2.05) is 49.4 Å². The van der Waals surface area contributed by atoms with E-state index in [2.05, 4.69) is 29.5 Å². The highest BCUT2D eigenvalue weighted by atomic mass is 32.2. The Morgan fingerprint density at radius 3 is 2.62 bits per heavy atom. The molecule has 0 bridgehead atoms. The quantitative estimate of drug-likeness (QED) is 0.276. The van der Waals surface area contributed by atoms with Gasteiger partial charge in [0.05, 0.1) is 18.7 Å². The average Bonchev–Trinajstić information content (AvgIpc) is 3.21. The molecule has 0 radical (unpaired) electrons. The fourth-order valence-corrected chi connectivity index (χ4v) is 4.81. The van der Waals surface area contributed by atoms with Gasteiger partial charge in [-0.25, -0.2) is 9.78 Å². The highest BCUT2D eigenvalue weighted by molar-refractivity contribution is 7.99. The number of anilines is 2. The van der Waals surface area contributed by atoms with Crippen LogP contribution in [0.2, 0.25) is 0 Å². The fourth-order valence-electron chi connectivity index (χ4n) is 2.99.